The first kappa shape index (κ1) is 5.84. The molecule has 0 aliphatic carbocycles. The van der Waals surface area contributed by atoms with Crippen LogP contribution >= 0.6 is 0 Å². The van der Waals surface area contributed by atoms with Crippen molar-refractivity contribution in [2.24, 2.45) is 16.7 Å². The van der Waals surface area contributed by atoms with Crippen molar-refractivity contribution in [3.63, 3.8) is 0 Å². The summed E-state index contributed by atoms with van der Waals surface area (Å²) in [6.45, 7) is 0. The van der Waals surface area contributed by atoms with E-state index in [1.165, 1.54) is 11.3 Å². The first-order valence-electron chi connectivity index (χ1n) is 2.52. The molecule has 1 rings (SSSR count). The molecule has 9 heavy (non-hydrogen) atoms. The molecule has 0 atom stereocenters. The number of rotatable bonds is 0. The van der Waals surface area contributed by atoms with Gasteiger partial charge in [0.2, 0.25) is 0 Å². The van der Waals surface area contributed by atoms with Gasteiger partial charge in [-0.3, -0.25) is 0 Å². The molecule has 0 radical (unpaired) electrons. The number of hydrazone groups is 1. The normalized spacial score (nSPS) is 21.4. The van der Waals surface area contributed by atoms with Gasteiger partial charge in [-0.1, -0.05) is 0 Å². The molecule has 0 fully saturated rings. The van der Waals surface area contributed by atoms with Crippen molar-refractivity contribution < 1.29 is 0 Å². The van der Waals surface area contributed by atoms with Crippen molar-refractivity contribution >= 4 is 6.21 Å². The molecule has 0 saturated carbocycles. The van der Waals surface area contributed by atoms with Crippen molar-refractivity contribution in [2.45, 2.75) is 0 Å². The molecule has 1 aliphatic heterocycles. The minimum absolute atomic E-state index is 0.692. The zero-order chi connectivity index (χ0) is 6.69. The number of hydrogen-bond acceptors (Lipinski definition) is 4. The third-order valence-electron chi connectivity index (χ3n) is 0.979. The third kappa shape index (κ3) is 1.09. The van der Waals surface area contributed by atoms with Crippen LogP contribution in [-0.4, -0.2) is 11.3 Å². The van der Waals surface area contributed by atoms with E-state index in [-0.39, 0.29) is 0 Å². The molecule has 0 aromatic heterocycles. The zero-order valence-corrected chi connectivity index (χ0v) is 4.86. The van der Waals surface area contributed by atoms with E-state index in [2.05, 4.69) is 5.10 Å². The molecular formula is C5H8N4. The number of nitrogens with two attached hydrogens (primary N) is 2. The monoisotopic (exact) mass is 124 g/mol. The van der Waals surface area contributed by atoms with E-state index in [1.807, 2.05) is 0 Å². The van der Waals surface area contributed by atoms with Crippen molar-refractivity contribution in [1.82, 2.24) is 5.12 Å². The predicted molar refractivity (Wildman–Crippen MR) is 35.9 cm³/mol. The Morgan fingerprint density at radius 3 is 2.89 bits per heavy atom. The Kier molecular flexibility index (Phi) is 1.51. The highest BCUT2D eigenvalue weighted by molar-refractivity contribution is 5.72. The maximum atomic E-state index is 5.33. The molecule has 4 N–H and O–H groups in total. The summed E-state index contributed by atoms with van der Waals surface area (Å²) in [5.74, 6) is 5.33. The summed E-state index contributed by atoms with van der Waals surface area (Å²) in [4.78, 5) is 0. The van der Waals surface area contributed by atoms with Gasteiger partial charge < -0.3 is 5.73 Å². The predicted octanol–water partition coefficient (Wildman–Crippen LogP) is -0.482. The molecule has 0 aromatic rings. The Balaban J connectivity index is 2.78. The lowest BCUT2D eigenvalue weighted by atomic mass is 10.4. The lowest BCUT2D eigenvalue weighted by Gasteiger charge is -2.13. The van der Waals surface area contributed by atoms with E-state index in [1.54, 1.807) is 18.4 Å². The van der Waals surface area contributed by atoms with Crippen LogP contribution in [0.3, 0.4) is 0 Å². The van der Waals surface area contributed by atoms with Gasteiger partial charge in [0.05, 0.1) is 5.70 Å². The Morgan fingerprint density at radius 1 is 1.67 bits per heavy atom. The van der Waals surface area contributed by atoms with Gasteiger partial charge in [-0.25, -0.2) is 5.84 Å². The van der Waals surface area contributed by atoms with Crippen LogP contribution in [0.5, 0.6) is 0 Å². The van der Waals surface area contributed by atoms with Crippen LogP contribution in [0.1, 0.15) is 0 Å². The fourth-order valence-electron chi connectivity index (χ4n) is 0.527. The highest BCUT2D eigenvalue weighted by Gasteiger charge is 1.98. The largest absolute Gasteiger partial charge is 0.403 e. The molecule has 4 nitrogen and oxygen atoms in total. The Bertz CT molecular complexity index is 179. The van der Waals surface area contributed by atoms with Crippen LogP contribution in [0.15, 0.2) is 29.2 Å². The van der Waals surface area contributed by atoms with E-state index < -0.39 is 0 Å². The molecule has 0 aromatic carbocycles. The quantitative estimate of drug-likeness (QED) is 0.428. The SMILES string of the molecule is N/C=C1/C=CC=NN1N. The highest BCUT2D eigenvalue weighted by atomic mass is 15.6. The smallest absolute Gasteiger partial charge is 0.0931 e. The van der Waals surface area contributed by atoms with Crippen LogP contribution in [0, 0.1) is 0 Å². The van der Waals surface area contributed by atoms with Gasteiger partial charge in [-0.2, -0.15) is 10.2 Å². The molecular weight excluding hydrogens is 116 g/mol. The molecule has 4 heteroatoms. The Labute approximate surface area is 53.1 Å². The molecule has 1 heterocycles. The summed E-state index contributed by atoms with van der Waals surface area (Å²) in [5, 5.41) is 4.94. The zero-order valence-electron chi connectivity index (χ0n) is 4.86. The summed E-state index contributed by atoms with van der Waals surface area (Å²) in [7, 11) is 0. The fraction of sp³-hybridized carbons (Fsp3) is 0. The van der Waals surface area contributed by atoms with E-state index in [9.17, 15) is 0 Å². The first-order chi connectivity index (χ1) is 4.34. The van der Waals surface area contributed by atoms with Gasteiger partial charge >= 0.3 is 0 Å². The van der Waals surface area contributed by atoms with Gasteiger partial charge in [-0.05, 0) is 12.2 Å². The minimum atomic E-state index is 0.692. The number of hydrogen-bond donors (Lipinski definition) is 2. The Hall–Kier alpha value is -1.29. The van der Waals surface area contributed by atoms with Crippen molar-refractivity contribution in [1.29, 1.82) is 0 Å². The van der Waals surface area contributed by atoms with E-state index in [0.29, 0.717) is 5.70 Å². The summed E-state index contributed by atoms with van der Waals surface area (Å²) in [6, 6.07) is 0. The topological polar surface area (TPSA) is 67.6 Å². The van der Waals surface area contributed by atoms with Gasteiger partial charge in [0.1, 0.15) is 0 Å². The average Bonchev–Trinajstić information content (AvgIpc) is 1.89. The molecule has 0 amide bonds. The summed E-state index contributed by atoms with van der Waals surface area (Å²) in [5.41, 5.74) is 5.88. The highest BCUT2D eigenvalue weighted by Crippen LogP contribution is 2.01. The molecule has 0 bridgehead atoms. The fourth-order valence-corrected chi connectivity index (χ4v) is 0.527. The Morgan fingerprint density at radius 2 is 2.44 bits per heavy atom. The first-order valence-corrected chi connectivity index (χ1v) is 2.52. The number of nitrogens with zero attached hydrogens (tertiary/aromatic N) is 2. The average molecular weight is 124 g/mol. The maximum Gasteiger partial charge on any atom is 0.0931 e. The summed E-state index contributed by atoms with van der Waals surface area (Å²) < 4.78 is 0. The number of hydrazine groups is 1. The van der Waals surface area contributed by atoms with Crippen LogP contribution < -0.4 is 11.6 Å². The van der Waals surface area contributed by atoms with Crippen molar-refractivity contribution in [2.75, 3.05) is 0 Å². The lowest BCUT2D eigenvalue weighted by Crippen LogP contribution is -2.25. The second kappa shape index (κ2) is 2.32. The molecule has 0 spiro atoms. The summed E-state index contributed by atoms with van der Waals surface area (Å²) in [6.07, 6.45) is 6.52. The lowest BCUT2D eigenvalue weighted by molar-refractivity contribution is 0.393. The van der Waals surface area contributed by atoms with Gasteiger partial charge in [-0.15, -0.1) is 0 Å². The van der Waals surface area contributed by atoms with E-state index in [0.717, 1.165) is 0 Å². The van der Waals surface area contributed by atoms with E-state index in [4.69, 9.17) is 11.6 Å². The van der Waals surface area contributed by atoms with Gasteiger partial charge in [0, 0.05) is 12.4 Å². The van der Waals surface area contributed by atoms with Gasteiger partial charge in [0.25, 0.3) is 0 Å². The van der Waals surface area contributed by atoms with E-state index >= 15 is 0 Å². The van der Waals surface area contributed by atoms with Crippen LogP contribution in [0.2, 0.25) is 0 Å². The summed E-state index contributed by atoms with van der Waals surface area (Å²) >= 11 is 0. The van der Waals surface area contributed by atoms with Crippen LogP contribution in [0.25, 0.3) is 0 Å². The molecule has 0 saturated heterocycles. The molecule has 1 aliphatic rings. The van der Waals surface area contributed by atoms with Crippen molar-refractivity contribution in [3.8, 4) is 0 Å². The standard InChI is InChI=1S/C5H8N4/c6-4-5-2-1-3-8-9(5)7/h1-4H,6-7H2/b5-4-. The second-order valence-corrected chi connectivity index (χ2v) is 1.56. The third-order valence-corrected chi connectivity index (χ3v) is 0.979. The number of allylic oxidation sites excluding steroid dienone is 2. The second-order valence-electron chi connectivity index (χ2n) is 1.56. The maximum absolute atomic E-state index is 5.33. The minimum Gasteiger partial charge on any atom is -0.403 e. The molecule has 0 unspecified atom stereocenters. The van der Waals surface area contributed by atoms with Crippen molar-refractivity contribution in [3.05, 3.63) is 24.0 Å². The molecule has 48 valence electrons. The van der Waals surface area contributed by atoms with Crippen LogP contribution in [-0.2, 0) is 0 Å². The van der Waals surface area contributed by atoms with Gasteiger partial charge in [0.15, 0.2) is 0 Å². The van der Waals surface area contributed by atoms with Crippen LogP contribution in [0.4, 0.5) is 0 Å².